The van der Waals surface area contributed by atoms with E-state index in [9.17, 15) is 0 Å². The standard InChI is InChI=1S/C24H25ClN6/c1-27-14-17(13-26)16-4-9-20-21(12-16)22(28-19-7-5-18(25)6-8-19)10-11-31-24(20)23(29-30-31)15-2-3-15/h4-9,12-15,22,26-28H,2-3,10-11H2,1H3/b17-14+,26-13?. The van der Waals surface area contributed by atoms with Crippen LogP contribution < -0.4 is 10.6 Å². The molecule has 2 aromatic carbocycles. The molecule has 6 nitrogen and oxygen atoms in total. The van der Waals surface area contributed by atoms with Crippen molar-refractivity contribution in [3.05, 3.63) is 70.5 Å². The van der Waals surface area contributed by atoms with Crippen LogP contribution in [0.5, 0.6) is 0 Å². The van der Waals surface area contributed by atoms with Gasteiger partial charge in [-0.3, -0.25) is 0 Å². The summed E-state index contributed by atoms with van der Waals surface area (Å²) in [5.41, 5.74) is 7.54. The molecule has 0 radical (unpaired) electrons. The average molecular weight is 433 g/mol. The highest BCUT2D eigenvalue weighted by molar-refractivity contribution is 6.30. The molecule has 1 aliphatic carbocycles. The number of rotatable bonds is 6. The number of nitrogens with one attached hydrogen (secondary N) is 3. The van der Waals surface area contributed by atoms with Gasteiger partial charge in [0, 0.05) is 53.8 Å². The van der Waals surface area contributed by atoms with Crippen molar-refractivity contribution in [2.24, 2.45) is 0 Å². The van der Waals surface area contributed by atoms with Crippen LogP contribution in [0.1, 0.15) is 48.0 Å². The van der Waals surface area contributed by atoms with Crippen molar-refractivity contribution in [2.45, 2.75) is 37.8 Å². The summed E-state index contributed by atoms with van der Waals surface area (Å²) in [7, 11) is 1.85. The van der Waals surface area contributed by atoms with Crippen LogP contribution >= 0.6 is 11.6 Å². The van der Waals surface area contributed by atoms with Crippen LogP contribution in [-0.2, 0) is 6.54 Å². The normalized spacial score (nSPS) is 18.0. The molecule has 1 aliphatic heterocycles. The van der Waals surface area contributed by atoms with E-state index in [1.54, 1.807) is 0 Å². The van der Waals surface area contributed by atoms with Gasteiger partial charge in [0.25, 0.3) is 0 Å². The maximum Gasteiger partial charge on any atom is 0.0937 e. The molecule has 1 fully saturated rings. The second kappa shape index (κ2) is 8.19. The molecule has 2 aliphatic rings. The first-order valence-electron chi connectivity index (χ1n) is 10.7. The highest BCUT2D eigenvalue weighted by atomic mass is 35.5. The molecule has 0 amide bonds. The van der Waals surface area contributed by atoms with E-state index in [2.05, 4.69) is 43.8 Å². The Hall–Kier alpha value is -3.12. The van der Waals surface area contributed by atoms with Crippen LogP contribution in [0, 0.1) is 5.41 Å². The van der Waals surface area contributed by atoms with Crippen molar-refractivity contribution in [1.29, 1.82) is 5.41 Å². The quantitative estimate of drug-likeness (QED) is 0.465. The third kappa shape index (κ3) is 3.83. The molecule has 1 atom stereocenters. The zero-order chi connectivity index (χ0) is 21.4. The van der Waals surface area contributed by atoms with E-state index in [-0.39, 0.29) is 6.04 Å². The number of anilines is 1. The lowest BCUT2D eigenvalue weighted by atomic mass is 9.92. The smallest absolute Gasteiger partial charge is 0.0937 e. The summed E-state index contributed by atoms with van der Waals surface area (Å²) in [6.45, 7) is 0.800. The molecule has 2 heterocycles. The Labute approximate surface area is 186 Å². The summed E-state index contributed by atoms with van der Waals surface area (Å²) in [4.78, 5) is 0. The van der Waals surface area contributed by atoms with E-state index in [4.69, 9.17) is 17.0 Å². The first-order chi connectivity index (χ1) is 15.2. The summed E-state index contributed by atoms with van der Waals surface area (Å²) < 4.78 is 2.07. The van der Waals surface area contributed by atoms with Gasteiger partial charge in [-0.15, -0.1) is 5.10 Å². The third-order valence-corrected chi connectivity index (χ3v) is 6.26. The Bertz CT molecular complexity index is 1140. The largest absolute Gasteiger partial charge is 0.393 e. The Balaban J connectivity index is 1.62. The van der Waals surface area contributed by atoms with E-state index in [0.29, 0.717) is 5.92 Å². The summed E-state index contributed by atoms with van der Waals surface area (Å²) in [6, 6.07) is 14.4. The molecular weight excluding hydrogens is 408 g/mol. The molecule has 3 N–H and O–H groups in total. The van der Waals surface area contributed by atoms with Gasteiger partial charge in [-0.2, -0.15) is 0 Å². The van der Waals surface area contributed by atoms with Gasteiger partial charge in [-0.25, -0.2) is 4.68 Å². The molecule has 5 rings (SSSR count). The van der Waals surface area contributed by atoms with Crippen LogP contribution in [0.3, 0.4) is 0 Å². The first-order valence-corrected chi connectivity index (χ1v) is 11.0. The van der Waals surface area contributed by atoms with Gasteiger partial charge in [0.2, 0.25) is 0 Å². The molecule has 1 unspecified atom stereocenters. The topological polar surface area (TPSA) is 78.6 Å². The van der Waals surface area contributed by atoms with Crippen molar-refractivity contribution in [3.8, 4) is 11.3 Å². The predicted molar refractivity (Wildman–Crippen MR) is 126 cm³/mol. The van der Waals surface area contributed by atoms with Gasteiger partial charge in [-0.05, 0) is 60.7 Å². The van der Waals surface area contributed by atoms with Crippen LogP contribution in [0.15, 0.2) is 48.7 Å². The van der Waals surface area contributed by atoms with Crippen LogP contribution in [-0.4, -0.2) is 28.3 Å². The number of allylic oxidation sites excluding steroid dienone is 1. The Morgan fingerprint density at radius 2 is 1.97 bits per heavy atom. The fourth-order valence-corrected chi connectivity index (χ4v) is 4.43. The molecule has 3 aromatic rings. The lowest BCUT2D eigenvalue weighted by Crippen LogP contribution is -2.13. The fourth-order valence-electron chi connectivity index (χ4n) is 4.31. The third-order valence-electron chi connectivity index (χ3n) is 6.01. The van der Waals surface area contributed by atoms with Crippen molar-refractivity contribution in [2.75, 3.05) is 12.4 Å². The number of fused-ring (bicyclic) bond motifs is 3. The number of halogens is 1. The van der Waals surface area contributed by atoms with Crippen LogP contribution in [0.25, 0.3) is 16.8 Å². The summed E-state index contributed by atoms with van der Waals surface area (Å²) in [5.74, 6) is 0.526. The lowest BCUT2D eigenvalue weighted by Gasteiger charge is -2.21. The zero-order valence-electron chi connectivity index (χ0n) is 17.4. The van der Waals surface area contributed by atoms with Crippen molar-refractivity contribution < 1.29 is 0 Å². The minimum atomic E-state index is 0.103. The lowest BCUT2D eigenvalue weighted by molar-refractivity contribution is 0.539. The van der Waals surface area contributed by atoms with Gasteiger partial charge >= 0.3 is 0 Å². The minimum absolute atomic E-state index is 0.103. The maximum absolute atomic E-state index is 7.84. The molecule has 7 heteroatoms. The second-order valence-electron chi connectivity index (χ2n) is 8.15. The Morgan fingerprint density at radius 3 is 2.68 bits per heavy atom. The van der Waals surface area contributed by atoms with Gasteiger partial charge in [-0.1, -0.05) is 28.9 Å². The molecule has 0 spiro atoms. The molecule has 31 heavy (non-hydrogen) atoms. The second-order valence-corrected chi connectivity index (χ2v) is 8.58. The molecule has 158 valence electrons. The average Bonchev–Trinajstić information content (AvgIpc) is 3.57. The number of hydrogen-bond donors (Lipinski definition) is 3. The van der Waals surface area contributed by atoms with E-state index < -0.39 is 0 Å². The fraction of sp³-hybridized carbons (Fsp3) is 0.292. The van der Waals surface area contributed by atoms with E-state index >= 15 is 0 Å². The van der Waals surface area contributed by atoms with Crippen molar-refractivity contribution in [3.63, 3.8) is 0 Å². The monoisotopic (exact) mass is 432 g/mol. The SMILES string of the molecule is CN/C=C(\C=N)c1ccc2c(c1)C(Nc1ccc(Cl)cc1)CCn1nnc(C3CC3)c1-2. The number of hydrogen-bond acceptors (Lipinski definition) is 5. The number of nitrogens with zero attached hydrogens (tertiary/aromatic N) is 3. The van der Waals surface area contributed by atoms with Crippen LogP contribution in [0.4, 0.5) is 5.69 Å². The van der Waals surface area contributed by atoms with E-state index in [1.165, 1.54) is 30.2 Å². The number of aromatic nitrogens is 3. The van der Waals surface area contributed by atoms with Gasteiger partial charge in [0.1, 0.15) is 0 Å². The van der Waals surface area contributed by atoms with Crippen molar-refractivity contribution >= 4 is 29.1 Å². The van der Waals surface area contributed by atoms with Gasteiger partial charge in [0.15, 0.2) is 0 Å². The summed E-state index contributed by atoms with van der Waals surface area (Å²) in [6.07, 6.45) is 6.50. The highest BCUT2D eigenvalue weighted by Crippen LogP contribution is 2.46. The van der Waals surface area contributed by atoms with E-state index in [0.717, 1.165) is 46.2 Å². The van der Waals surface area contributed by atoms with Crippen molar-refractivity contribution in [1.82, 2.24) is 20.3 Å². The number of benzene rings is 2. The molecule has 1 saturated carbocycles. The minimum Gasteiger partial charge on any atom is -0.393 e. The maximum atomic E-state index is 7.84. The first kappa shape index (κ1) is 19.8. The Morgan fingerprint density at radius 1 is 1.16 bits per heavy atom. The molecular formula is C24H25ClN6. The predicted octanol–water partition coefficient (Wildman–Crippen LogP) is 5.24. The van der Waals surface area contributed by atoms with Gasteiger partial charge < -0.3 is 16.0 Å². The van der Waals surface area contributed by atoms with E-state index in [1.807, 2.05) is 37.5 Å². The number of aryl methyl sites for hydroxylation is 1. The summed E-state index contributed by atoms with van der Waals surface area (Å²) in [5, 5.41) is 24.3. The Kier molecular flexibility index (Phi) is 5.24. The molecule has 1 aromatic heterocycles. The molecule has 0 saturated heterocycles. The van der Waals surface area contributed by atoms with Crippen LogP contribution in [0.2, 0.25) is 5.02 Å². The summed E-state index contributed by atoms with van der Waals surface area (Å²) >= 11 is 6.08. The zero-order valence-corrected chi connectivity index (χ0v) is 18.2. The van der Waals surface area contributed by atoms with Gasteiger partial charge in [0.05, 0.1) is 17.4 Å². The molecule has 0 bridgehead atoms. The highest BCUT2D eigenvalue weighted by Gasteiger charge is 2.34.